The SMILES string of the molecule is CC1(C)c2ccccc2-c2cc(N(c3ccccc3)c3ccc(N(c4ccc5c(c4)c4ccccc4n5-c4ccccc4)[C@H]4C=CC=CC4)cc3)ccc21. The van der Waals surface area contributed by atoms with E-state index in [-0.39, 0.29) is 11.5 Å². The molecule has 0 saturated carbocycles. The van der Waals surface area contributed by atoms with Gasteiger partial charge < -0.3 is 14.4 Å². The van der Waals surface area contributed by atoms with E-state index in [9.17, 15) is 0 Å². The lowest BCUT2D eigenvalue weighted by Gasteiger charge is -2.33. The lowest BCUT2D eigenvalue weighted by molar-refractivity contribution is 0.660. The number of hydrogen-bond acceptors (Lipinski definition) is 2. The summed E-state index contributed by atoms with van der Waals surface area (Å²) in [6.45, 7) is 4.68. The number of rotatable bonds is 7. The number of anilines is 5. The maximum atomic E-state index is 2.50. The van der Waals surface area contributed by atoms with Gasteiger partial charge in [0.1, 0.15) is 0 Å². The molecule has 0 radical (unpaired) electrons. The van der Waals surface area contributed by atoms with Crippen molar-refractivity contribution in [3.8, 4) is 16.8 Å². The van der Waals surface area contributed by atoms with Gasteiger partial charge in [0.15, 0.2) is 0 Å². The molecule has 0 bridgehead atoms. The predicted octanol–water partition coefficient (Wildman–Crippen LogP) is 13.6. The van der Waals surface area contributed by atoms with E-state index < -0.39 is 0 Å². The Kier molecular flexibility index (Phi) is 7.62. The molecule has 0 spiro atoms. The standard InChI is InChI=1S/C51H41N3/c1-51(2)47-24-14-12-22-43(47)45-34-41(30-32-48(45)51)52(36-16-6-3-7-17-36)39-26-28-40(29-27-39)53(37-18-8-4-9-19-37)42-31-33-50-46(35-42)44-23-13-15-25-49(44)54(50)38-20-10-5-11-21-38/h3-18,20-35,37H,19H2,1-2H3/t37-/m0/s1. The fourth-order valence-corrected chi connectivity index (χ4v) is 8.89. The smallest absolute Gasteiger partial charge is 0.0559 e. The minimum Gasteiger partial charge on any atom is -0.334 e. The van der Waals surface area contributed by atoms with Crippen LogP contribution in [0, 0.1) is 0 Å². The molecule has 2 aliphatic rings. The Morgan fingerprint density at radius 2 is 1.13 bits per heavy atom. The highest BCUT2D eigenvalue weighted by Gasteiger charge is 2.35. The lowest BCUT2D eigenvalue weighted by atomic mass is 9.82. The van der Waals surface area contributed by atoms with Crippen LogP contribution < -0.4 is 9.80 Å². The molecule has 3 nitrogen and oxygen atoms in total. The molecule has 0 unspecified atom stereocenters. The van der Waals surface area contributed by atoms with Gasteiger partial charge in [-0.05, 0) is 114 Å². The molecule has 0 amide bonds. The largest absolute Gasteiger partial charge is 0.334 e. The number of allylic oxidation sites excluding steroid dienone is 2. The zero-order valence-electron chi connectivity index (χ0n) is 30.6. The molecule has 1 atom stereocenters. The van der Waals surface area contributed by atoms with Crippen molar-refractivity contribution < 1.29 is 0 Å². The van der Waals surface area contributed by atoms with Crippen molar-refractivity contribution in [3.63, 3.8) is 0 Å². The molecular formula is C51H41N3. The van der Waals surface area contributed by atoms with Gasteiger partial charge >= 0.3 is 0 Å². The molecule has 10 rings (SSSR count). The number of benzene rings is 7. The van der Waals surface area contributed by atoms with E-state index in [4.69, 9.17) is 0 Å². The molecule has 3 heteroatoms. The fourth-order valence-electron chi connectivity index (χ4n) is 8.89. The Hall–Kier alpha value is -6.58. The van der Waals surface area contributed by atoms with Crippen LogP contribution in [0.25, 0.3) is 38.6 Å². The van der Waals surface area contributed by atoms with Gasteiger partial charge in [0, 0.05) is 50.3 Å². The number of hydrogen-bond donors (Lipinski definition) is 0. The number of aromatic nitrogens is 1. The third-order valence-corrected chi connectivity index (χ3v) is 11.5. The van der Waals surface area contributed by atoms with Gasteiger partial charge in [-0.25, -0.2) is 0 Å². The summed E-state index contributed by atoms with van der Waals surface area (Å²) >= 11 is 0. The minimum atomic E-state index is -0.0324. The van der Waals surface area contributed by atoms with Crippen molar-refractivity contribution in [3.05, 3.63) is 205 Å². The molecule has 1 heterocycles. The van der Waals surface area contributed by atoms with Crippen LogP contribution in [0.5, 0.6) is 0 Å². The molecule has 0 saturated heterocycles. The first kappa shape index (κ1) is 32.1. The molecule has 8 aromatic rings. The predicted molar refractivity (Wildman–Crippen MR) is 228 cm³/mol. The number of fused-ring (bicyclic) bond motifs is 6. The van der Waals surface area contributed by atoms with Crippen molar-refractivity contribution >= 4 is 50.2 Å². The quantitative estimate of drug-likeness (QED) is 0.164. The van der Waals surface area contributed by atoms with Crippen LogP contribution in [-0.2, 0) is 5.41 Å². The highest BCUT2D eigenvalue weighted by Crippen LogP contribution is 2.50. The highest BCUT2D eigenvalue weighted by molar-refractivity contribution is 6.10. The molecule has 7 aromatic carbocycles. The fraction of sp³-hybridized carbons (Fsp3) is 0.0980. The van der Waals surface area contributed by atoms with E-state index >= 15 is 0 Å². The van der Waals surface area contributed by atoms with Gasteiger partial charge in [0.05, 0.1) is 17.1 Å². The molecule has 0 aliphatic heterocycles. The van der Waals surface area contributed by atoms with E-state index in [1.807, 2.05) is 0 Å². The molecule has 0 N–H and O–H groups in total. The van der Waals surface area contributed by atoms with E-state index in [1.54, 1.807) is 0 Å². The van der Waals surface area contributed by atoms with Gasteiger partial charge in [0.2, 0.25) is 0 Å². The molecule has 260 valence electrons. The normalized spacial score (nSPS) is 15.3. The van der Waals surface area contributed by atoms with E-state index in [0.29, 0.717) is 0 Å². The Balaban J connectivity index is 1.08. The molecule has 54 heavy (non-hydrogen) atoms. The Bertz CT molecular complexity index is 2720. The Labute approximate surface area is 317 Å². The summed E-state index contributed by atoms with van der Waals surface area (Å²) in [5.74, 6) is 0. The molecule has 2 aliphatic carbocycles. The second-order valence-corrected chi connectivity index (χ2v) is 15.0. The number of nitrogens with zero attached hydrogens (tertiary/aromatic N) is 3. The van der Waals surface area contributed by atoms with Crippen LogP contribution in [0.4, 0.5) is 28.4 Å². The highest BCUT2D eigenvalue weighted by atomic mass is 15.2. The zero-order chi connectivity index (χ0) is 36.2. The summed E-state index contributed by atoms with van der Waals surface area (Å²) in [5, 5.41) is 2.51. The molecule has 1 aromatic heterocycles. The summed E-state index contributed by atoms with van der Waals surface area (Å²) in [4.78, 5) is 4.88. The second-order valence-electron chi connectivity index (χ2n) is 15.0. The summed E-state index contributed by atoms with van der Waals surface area (Å²) < 4.78 is 2.38. The van der Waals surface area contributed by atoms with Crippen molar-refractivity contribution in [2.24, 2.45) is 0 Å². The molecular weight excluding hydrogens is 655 g/mol. The maximum absolute atomic E-state index is 2.50. The van der Waals surface area contributed by atoms with Crippen LogP contribution in [0.3, 0.4) is 0 Å². The summed E-state index contributed by atoms with van der Waals surface area (Å²) in [6, 6.07) is 62.4. The average Bonchev–Trinajstić information content (AvgIpc) is 3.68. The van der Waals surface area contributed by atoms with Gasteiger partial charge in [-0.1, -0.05) is 123 Å². The summed E-state index contributed by atoms with van der Waals surface area (Å²) in [5.41, 5.74) is 14.7. The maximum Gasteiger partial charge on any atom is 0.0559 e. The van der Waals surface area contributed by atoms with Crippen LogP contribution in [0.1, 0.15) is 31.4 Å². The van der Waals surface area contributed by atoms with E-state index in [0.717, 1.165) is 29.2 Å². The first-order chi connectivity index (χ1) is 26.6. The van der Waals surface area contributed by atoms with E-state index in [1.165, 1.54) is 55.4 Å². The van der Waals surface area contributed by atoms with Gasteiger partial charge in [-0.2, -0.15) is 0 Å². The third kappa shape index (κ3) is 5.19. The zero-order valence-corrected chi connectivity index (χ0v) is 30.6. The second kappa shape index (κ2) is 12.8. The average molecular weight is 696 g/mol. The van der Waals surface area contributed by atoms with Crippen molar-refractivity contribution in [1.82, 2.24) is 4.57 Å². The van der Waals surface area contributed by atoms with Gasteiger partial charge in [0.25, 0.3) is 0 Å². The van der Waals surface area contributed by atoms with Crippen LogP contribution in [-0.4, -0.2) is 10.6 Å². The van der Waals surface area contributed by atoms with Crippen molar-refractivity contribution in [1.29, 1.82) is 0 Å². The topological polar surface area (TPSA) is 11.4 Å². The monoisotopic (exact) mass is 695 g/mol. The lowest BCUT2D eigenvalue weighted by Crippen LogP contribution is -2.29. The number of para-hydroxylation sites is 3. The van der Waals surface area contributed by atoms with E-state index in [2.05, 4.69) is 222 Å². The van der Waals surface area contributed by atoms with Crippen molar-refractivity contribution in [2.45, 2.75) is 31.7 Å². The molecule has 0 fully saturated rings. The minimum absolute atomic E-state index is 0.0324. The van der Waals surface area contributed by atoms with Crippen molar-refractivity contribution in [2.75, 3.05) is 9.80 Å². The summed E-state index contributed by atoms with van der Waals surface area (Å²) in [6.07, 6.45) is 9.87. The third-order valence-electron chi connectivity index (χ3n) is 11.5. The first-order valence-corrected chi connectivity index (χ1v) is 19.0. The summed E-state index contributed by atoms with van der Waals surface area (Å²) in [7, 11) is 0. The van der Waals surface area contributed by atoms with Crippen LogP contribution in [0.2, 0.25) is 0 Å². The van der Waals surface area contributed by atoms with Crippen LogP contribution >= 0.6 is 0 Å². The van der Waals surface area contributed by atoms with Gasteiger partial charge in [-0.3, -0.25) is 0 Å². The van der Waals surface area contributed by atoms with Crippen LogP contribution in [0.15, 0.2) is 194 Å². The Morgan fingerprint density at radius 3 is 1.93 bits per heavy atom. The van der Waals surface area contributed by atoms with Gasteiger partial charge in [-0.15, -0.1) is 0 Å². The first-order valence-electron chi connectivity index (χ1n) is 19.0. The Morgan fingerprint density at radius 1 is 0.500 bits per heavy atom.